The SMILES string of the molecule is CS(=O)(=O)N1CCCC(C(=O)N(Cc2ccccn2)c2nc3ccc(Cl)cc3s2)C1. The molecule has 0 saturated carbocycles. The van der Waals surface area contributed by atoms with Gasteiger partial charge in [-0.15, -0.1) is 0 Å². The van der Waals surface area contributed by atoms with Crippen LogP contribution < -0.4 is 4.90 Å². The minimum Gasteiger partial charge on any atom is -0.282 e. The average Bonchev–Trinajstić information content (AvgIpc) is 3.14. The van der Waals surface area contributed by atoms with Crippen LogP contribution in [0.15, 0.2) is 42.6 Å². The molecule has 3 heterocycles. The van der Waals surface area contributed by atoms with Crippen LogP contribution in [0.5, 0.6) is 0 Å². The largest absolute Gasteiger partial charge is 0.282 e. The van der Waals surface area contributed by atoms with Crippen LogP contribution >= 0.6 is 22.9 Å². The Bertz CT molecular complexity index is 1170. The van der Waals surface area contributed by atoms with E-state index in [-0.39, 0.29) is 19.0 Å². The number of thiazole rings is 1. The molecule has 0 aliphatic carbocycles. The number of nitrogens with zero attached hydrogens (tertiary/aromatic N) is 4. The second-order valence-electron chi connectivity index (χ2n) is 7.31. The van der Waals surface area contributed by atoms with Gasteiger partial charge in [0.1, 0.15) is 0 Å². The van der Waals surface area contributed by atoms with E-state index in [1.165, 1.54) is 21.9 Å². The fourth-order valence-electron chi connectivity index (χ4n) is 3.56. The fraction of sp³-hybridized carbons (Fsp3) is 0.350. The van der Waals surface area contributed by atoms with E-state index in [0.717, 1.165) is 15.9 Å². The van der Waals surface area contributed by atoms with E-state index in [0.29, 0.717) is 29.5 Å². The van der Waals surface area contributed by atoms with Crippen molar-refractivity contribution in [2.75, 3.05) is 24.2 Å². The molecule has 3 aromatic rings. The summed E-state index contributed by atoms with van der Waals surface area (Å²) < 4.78 is 26.3. The number of rotatable bonds is 5. The Kier molecular flexibility index (Phi) is 6.06. The lowest BCUT2D eigenvalue weighted by atomic mass is 9.98. The van der Waals surface area contributed by atoms with E-state index in [1.54, 1.807) is 17.2 Å². The number of amides is 1. The number of aromatic nitrogens is 2. The molecule has 0 spiro atoms. The zero-order valence-electron chi connectivity index (χ0n) is 16.4. The van der Waals surface area contributed by atoms with Gasteiger partial charge in [-0.1, -0.05) is 29.0 Å². The zero-order valence-corrected chi connectivity index (χ0v) is 18.8. The first-order valence-corrected chi connectivity index (χ1v) is 12.6. The van der Waals surface area contributed by atoms with Crippen LogP contribution in [-0.2, 0) is 21.4 Å². The monoisotopic (exact) mass is 464 g/mol. The van der Waals surface area contributed by atoms with Gasteiger partial charge in [-0.25, -0.2) is 17.7 Å². The van der Waals surface area contributed by atoms with Gasteiger partial charge in [0.25, 0.3) is 0 Å². The third-order valence-corrected chi connectivity index (χ3v) is 7.63. The molecular formula is C20H21ClN4O3S2. The van der Waals surface area contributed by atoms with Crippen LogP contribution in [0.4, 0.5) is 5.13 Å². The van der Waals surface area contributed by atoms with Crippen molar-refractivity contribution in [1.29, 1.82) is 0 Å². The Morgan fingerprint density at radius 3 is 2.90 bits per heavy atom. The molecule has 1 atom stereocenters. The fourth-order valence-corrected chi connectivity index (χ4v) is 5.72. The molecule has 0 radical (unpaired) electrons. The number of hydrogen-bond donors (Lipinski definition) is 0. The van der Waals surface area contributed by atoms with Crippen molar-refractivity contribution in [1.82, 2.24) is 14.3 Å². The van der Waals surface area contributed by atoms with Crippen LogP contribution in [0, 0.1) is 5.92 Å². The first-order valence-electron chi connectivity index (χ1n) is 9.54. The van der Waals surface area contributed by atoms with Crippen LogP contribution in [0.3, 0.4) is 0 Å². The topological polar surface area (TPSA) is 83.5 Å². The number of hydrogen-bond acceptors (Lipinski definition) is 6. The van der Waals surface area contributed by atoms with Gasteiger partial charge in [-0.3, -0.25) is 14.7 Å². The second-order valence-corrected chi connectivity index (χ2v) is 10.7. The molecular weight excluding hydrogens is 444 g/mol. The van der Waals surface area contributed by atoms with Crippen molar-refractivity contribution in [2.24, 2.45) is 5.92 Å². The lowest BCUT2D eigenvalue weighted by molar-refractivity contribution is -0.123. The number of sulfonamides is 1. The first-order chi connectivity index (χ1) is 14.3. The summed E-state index contributed by atoms with van der Waals surface area (Å²) in [5, 5.41) is 1.16. The van der Waals surface area contributed by atoms with Crippen molar-refractivity contribution in [3.05, 3.63) is 53.3 Å². The highest BCUT2D eigenvalue weighted by molar-refractivity contribution is 7.88. The highest BCUT2D eigenvalue weighted by atomic mass is 35.5. The standard InChI is InChI=1S/C20H21ClN4O3S2/c1-30(27,28)24-10-4-5-14(12-24)19(26)25(13-16-6-2-3-9-22-16)20-23-17-8-7-15(21)11-18(17)29-20/h2-3,6-9,11,14H,4-5,10,12-13H2,1H3. The third kappa shape index (κ3) is 4.64. The van der Waals surface area contributed by atoms with Gasteiger partial charge in [0.2, 0.25) is 15.9 Å². The maximum atomic E-state index is 13.5. The molecule has 7 nitrogen and oxygen atoms in total. The minimum atomic E-state index is -3.34. The molecule has 1 fully saturated rings. The number of anilines is 1. The molecule has 0 bridgehead atoms. The average molecular weight is 465 g/mol. The van der Waals surface area contributed by atoms with Crippen molar-refractivity contribution < 1.29 is 13.2 Å². The molecule has 2 aromatic heterocycles. The molecule has 1 aromatic carbocycles. The van der Waals surface area contributed by atoms with E-state index < -0.39 is 15.9 Å². The third-order valence-electron chi connectivity index (χ3n) is 5.08. The summed E-state index contributed by atoms with van der Waals surface area (Å²) >= 11 is 7.49. The molecule has 1 saturated heterocycles. The number of carbonyl (C=O) groups is 1. The Balaban J connectivity index is 1.68. The van der Waals surface area contributed by atoms with E-state index in [9.17, 15) is 13.2 Å². The smallest absolute Gasteiger partial charge is 0.233 e. The Morgan fingerprint density at radius 2 is 2.17 bits per heavy atom. The molecule has 1 aliphatic rings. The Morgan fingerprint density at radius 1 is 1.33 bits per heavy atom. The Labute approximate surface area is 184 Å². The van der Waals surface area contributed by atoms with Crippen LogP contribution in [0.25, 0.3) is 10.2 Å². The molecule has 158 valence electrons. The number of halogens is 1. The number of carbonyl (C=O) groups excluding carboxylic acids is 1. The number of benzene rings is 1. The second kappa shape index (κ2) is 8.58. The lowest BCUT2D eigenvalue weighted by Gasteiger charge is -2.32. The van der Waals surface area contributed by atoms with Crippen LogP contribution in [0.2, 0.25) is 5.02 Å². The van der Waals surface area contributed by atoms with E-state index in [2.05, 4.69) is 9.97 Å². The van der Waals surface area contributed by atoms with Crippen LogP contribution in [-0.4, -0.2) is 47.9 Å². The van der Waals surface area contributed by atoms with Gasteiger partial charge in [0, 0.05) is 24.3 Å². The van der Waals surface area contributed by atoms with Crippen molar-refractivity contribution in [3.63, 3.8) is 0 Å². The minimum absolute atomic E-state index is 0.140. The molecule has 4 rings (SSSR count). The number of piperidine rings is 1. The number of pyridine rings is 1. The summed E-state index contributed by atoms with van der Waals surface area (Å²) in [7, 11) is -3.34. The number of fused-ring (bicyclic) bond motifs is 1. The maximum Gasteiger partial charge on any atom is 0.233 e. The zero-order chi connectivity index (χ0) is 21.3. The van der Waals surface area contributed by atoms with Crippen LogP contribution in [0.1, 0.15) is 18.5 Å². The lowest BCUT2D eigenvalue weighted by Crippen LogP contribution is -2.46. The highest BCUT2D eigenvalue weighted by Crippen LogP contribution is 2.33. The van der Waals surface area contributed by atoms with Gasteiger partial charge >= 0.3 is 0 Å². The predicted molar refractivity (Wildman–Crippen MR) is 119 cm³/mol. The normalized spacial score (nSPS) is 17.9. The first kappa shape index (κ1) is 21.2. The summed E-state index contributed by atoms with van der Waals surface area (Å²) in [6.45, 7) is 0.901. The summed E-state index contributed by atoms with van der Waals surface area (Å²) in [4.78, 5) is 24.1. The van der Waals surface area contributed by atoms with Gasteiger partial charge in [0.05, 0.1) is 34.6 Å². The van der Waals surface area contributed by atoms with Crippen molar-refractivity contribution >= 4 is 54.2 Å². The molecule has 0 N–H and O–H groups in total. The van der Waals surface area contributed by atoms with Gasteiger partial charge in [-0.2, -0.15) is 0 Å². The summed E-state index contributed by atoms with van der Waals surface area (Å²) in [5.41, 5.74) is 1.50. The van der Waals surface area contributed by atoms with E-state index in [1.807, 2.05) is 30.3 Å². The quantitative estimate of drug-likeness (QED) is 0.576. The Hall–Kier alpha value is -2.07. The highest BCUT2D eigenvalue weighted by Gasteiger charge is 2.34. The van der Waals surface area contributed by atoms with E-state index >= 15 is 0 Å². The molecule has 1 unspecified atom stereocenters. The van der Waals surface area contributed by atoms with Crippen molar-refractivity contribution in [3.8, 4) is 0 Å². The van der Waals surface area contributed by atoms with E-state index in [4.69, 9.17) is 11.6 Å². The molecule has 1 amide bonds. The summed E-state index contributed by atoms with van der Waals surface area (Å²) in [5.74, 6) is -0.563. The maximum absolute atomic E-state index is 13.5. The van der Waals surface area contributed by atoms with Gasteiger partial charge < -0.3 is 0 Å². The molecule has 1 aliphatic heterocycles. The molecule has 10 heteroatoms. The molecule has 30 heavy (non-hydrogen) atoms. The van der Waals surface area contributed by atoms with Gasteiger partial charge in [-0.05, 0) is 43.2 Å². The predicted octanol–water partition coefficient (Wildman–Crippen LogP) is 3.55. The van der Waals surface area contributed by atoms with Crippen molar-refractivity contribution in [2.45, 2.75) is 19.4 Å². The van der Waals surface area contributed by atoms with Gasteiger partial charge in [0.15, 0.2) is 5.13 Å². The summed E-state index contributed by atoms with van der Waals surface area (Å²) in [6.07, 6.45) is 4.15. The summed E-state index contributed by atoms with van der Waals surface area (Å²) in [6, 6.07) is 11.0.